The topological polar surface area (TPSA) is 191 Å². The Labute approximate surface area is 186 Å². The third kappa shape index (κ3) is 2.66. The fourth-order valence-electron chi connectivity index (χ4n) is 5.14. The maximum Gasteiger partial charge on any atom is 0.255 e. The highest BCUT2D eigenvalue weighted by Gasteiger charge is 2.62. The summed E-state index contributed by atoms with van der Waals surface area (Å²) in [5, 5.41) is 46.5. The molecule has 0 aromatic heterocycles. The molecule has 4 rings (SSSR count). The van der Waals surface area contributed by atoms with Crippen molar-refractivity contribution in [3.05, 3.63) is 45.1 Å². The van der Waals surface area contributed by atoms with Crippen LogP contribution in [-0.4, -0.2) is 68.5 Å². The van der Waals surface area contributed by atoms with Crippen molar-refractivity contribution >= 4 is 33.9 Å². The van der Waals surface area contributed by atoms with Crippen molar-refractivity contribution < 1.29 is 34.8 Å². The van der Waals surface area contributed by atoms with Crippen LogP contribution >= 0.6 is 0 Å². The smallest absolute Gasteiger partial charge is 0.255 e. The number of fused-ring (bicyclic) bond motifs is 3. The summed E-state index contributed by atoms with van der Waals surface area (Å²) in [5.74, 6) is -7.08. The quantitative estimate of drug-likeness (QED) is 0.330. The van der Waals surface area contributed by atoms with Crippen LogP contribution in [-0.2, 0) is 16.0 Å². The van der Waals surface area contributed by atoms with Crippen LogP contribution in [0.1, 0.15) is 21.5 Å². The second-order valence-electron chi connectivity index (χ2n) is 8.54. The van der Waals surface area contributed by atoms with E-state index in [0.717, 1.165) is 0 Å². The first-order valence-corrected chi connectivity index (χ1v) is 9.94. The van der Waals surface area contributed by atoms with Gasteiger partial charge in [0, 0.05) is 5.92 Å². The number of aromatic hydroxyl groups is 2. The van der Waals surface area contributed by atoms with Crippen LogP contribution < -0.4 is 5.73 Å². The van der Waals surface area contributed by atoms with E-state index < -0.39 is 63.4 Å². The van der Waals surface area contributed by atoms with E-state index in [1.54, 1.807) is 6.92 Å². The van der Waals surface area contributed by atoms with Gasteiger partial charge in [-0.1, -0.05) is 6.07 Å². The number of carbonyl (C=O) groups excluding carboxylic acids is 3. The van der Waals surface area contributed by atoms with Crippen molar-refractivity contribution in [2.75, 3.05) is 14.1 Å². The maximum absolute atomic E-state index is 13.7. The fourth-order valence-corrected chi connectivity index (χ4v) is 5.14. The first-order valence-electron chi connectivity index (χ1n) is 9.94. The number of hydrogen-bond acceptors (Lipinski definition) is 10. The minimum Gasteiger partial charge on any atom is -0.508 e. The molecule has 11 heteroatoms. The highest BCUT2D eigenvalue weighted by molar-refractivity contribution is 6.25. The lowest BCUT2D eigenvalue weighted by Gasteiger charge is -2.47. The molecule has 2 aliphatic rings. The normalized spacial score (nSPS) is 24.8. The van der Waals surface area contributed by atoms with E-state index in [4.69, 9.17) is 5.73 Å². The second kappa shape index (κ2) is 7.09. The summed E-state index contributed by atoms with van der Waals surface area (Å²) in [5.41, 5.74) is 1.61. The van der Waals surface area contributed by atoms with Gasteiger partial charge in [0.25, 0.3) is 5.91 Å². The molecule has 2 aliphatic carbocycles. The molecule has 1 amide bonds. The zero-order valence-electron chi connectivity index (χ0n) is 17.9. The summed E-state index contributed by atoms with van der Waals surface area (Å²) >= 11 is 0. The highest BCUT2D eigenvalue weighted by Crippen LogP contribution is 2.51. The number of nitroso groups, excluding NO2 is 1. The summed E-state index contributed by atoms with van der Waals surface area (Å²) in [7, 11) is 3.03. The molecule has 2 aromatic carbocycles. The van der Waals surface area contributed by atoms with Crippen LogP contribution in [0.5, 0.6) is 11.5 Å². The minimum absolute atomic E-state index is 0.133. The number of rotatable bonds is 3. The van der Waals surface area contributed by atoms with Crippen molar-refractivity contribution in [2.24, 2.45) is 16.8 Å². The summed E-state index contributed by atoms with van der Waals surface area (Å²) < 4.78 is 0. The molecule has 172 valence electrons. The number of aliphatic hydroxyl groups is 2. The van der Waals surface area contributed by atoms with Gasteiger partial charge in [-0.3, -0.25) is 19.3 Å². The van der Waals surface area contributed by atoms with Gasteiger partial charge in [0.2, 0.25) is 5.78 Å². The number of primary amides is 1. The molecular weight excluding hydrogens is 434 g/mol. The Bertz CT molecular complexity index is 1330. The zero-order chi connectivity index (χ0) is 24.6. The summed E-state index contributed by atoms with van der Waals surface area (Å²) in [4.78, 5) is 51.0. The number of phenols is 2. The molecule has 0 saturated heterocycles. The van der Waals surface area contributed by atoms with Crippen LogP contribution in [0.3, 0.4) is 0 Å². The van der Waals surface area contributed by atoms with Gasteiger partial charge >= 0.3 is 0 Å². The van der Waals surface area contributed by atoms with Gasteiger partial charge in [-0.15, -0.1) is 4.91 Å². The molecule has 0 unspecified atom stereocenters. The number of nitrogens with zero attached hydrogens (tertiary/aromatic N) is 2. The number of hydrogen-bond donors (Lipinski definition) is 5. The molecule has 0 heterocycles. The molecule has 0 spiro atoms. The van der Waals surface area contributed by atoms with Gasteiger partial charge in [0.1, 0.15) is 22.8 Å². The Morgan fingerprint density at radius 3 is 2.36 bits per heavy atom. The van der Waals surface area contributed by atoms with Gasteiger partial charge in [0.05, 0.1) is 17.0 Å². The number of benzene rings is 2. The number of phenolic OH excluding ortho intramolecular Hbond substituents is 2. The summed E-state index contributed by atoms with van der Waals surface area (Å²) in [6, 6.07) is 1.52. The average molecular weight is 455 g/mol. The molecule has 0 aliphatic heterocycles. The Kier molecular flexibility index (Phi) is 4.80. The first-order chi connectivity index (χ1) is 15.4. The molecule has 11 nitrogen and oxygen atoms in total. The van der Waals surface area contributed by atoms with Crippen LogP contribution in [0, 0.1) is 17.7 Å². The van der Waals surface area contributed by atoms with Crippen LogP contribution in [0.2, 0.25) is 0 Å². The number of ketones is 2. The number of amides is 1. The number of likely N-dealkylation sites (N-methyl/N-ethyl adjacent to an activating group) is 1. The molecule has 0 bridgehead atoms. The van der Waals surface area contributed by atoms with Gasteiger partial charge in [-0.2, -0.15) is 0 Å². The predicted octanol–water partition coefficient (Wildman–Crippen LogP) is 0.854. The number of carbonyl (C=O) groups is 3. The minimum atomic E-state index is -2.74. The van der Waals surface area contributed by atoms with E-state index in [1.165, 1.54) is 31.1 Å². The van der Waals surface area contributed by atoms with E-state index in [1.807, 2.05) is 0 Å². The van der Waals surface area contributed by atoms with Crippen molar-refractivity contribution in [1.29, 1.82) is 0 Å². The Morgan fingerprint density at radius 1 is 1.18 bits per heavy atom. The van der Waals surface area contributed by atoms with Gasteiger partial charge < -0.3 is 26.2 Å². The number of nitrogens with two attached hydrogens (primary N) is 1. The van der Waals surface area contributed by atoms with Gasteiger partial charge in [-0.05, 0) is 55.2 Å². The molecule has 6 N–H and O–H groups in total. The molecule has 0 saturated carbocycles. The van der Waals surface area contributed by atoms with Crippen molar-refractivity contribution in [3.63, 3.8) is 0 Å². The summed E-state index contributed by atoms with van der Waals surface area (Å²) in [6.45, 7) is 1.62. The number of Topliss-reactive ketones (excluding diaryl/α,β-unsaturated/α-hetero) is 2. The highest BCUT2D eigenvalue weighted by atomic mass is 16.3. The molecule has 0 radical (unpaired) electrons. The molecule has 2 aromatic rings. The van der Waals surface area contributed by atoms with Gasteiger partial charge in [-0.25, -0.2) is 0 Å². The van der Waals surface area contributed by atoms with E-state index in [-0.39, 0.29) is 17.5 Å². The first kappa shape index (κ1) is 22.4. The van der Waals surface area contributed by atoms with Crippen molar-refractivity contribution in [2.45, 2.75) is 25.0 Å². The molecule has 0 fully saturated rings. The maximum atomic E-state index is 13.7. The average Bonchev–Trinajstić information content (AvgIpc) is 2.73. The molecular formula is C22H21N3O8. The second-order valence-corrected chi connectivity index (χ2v) is 8.54. The Balaban J connectivity index is 2.12. The molecule has 3 atom stereocenters. The largest absolute Gasteiger partial charge is 0.508 e. The van der Waals surface area contributed by atoms with E-state index >= 15 is 0 Å². The molecule has 33 heavy (non-hydrogen) atoms. The SMILES string of the molecule is Cc1c2c(c(O)c3c(O)c(N=O)ccc13)C(=O)[C@]1(O)C(O)=C(C(N)=O)C(=O)[C@@H](N(C)C)[C@@H]1C2. The Hall–Kier alpha value is -3.83. The van der Waals surface area contributed by atoms with Crippen LogP contribution in [0.25, 0.3) is 10.8 Å². The third-order valence-corrected chi connectivity index (χ3v) is 6.72. The number of aliphatic hydroxyl groups excluding tert-OH is 1. The fraction of sp³-hybridized carbons (Fsp3) is 0.318. The van der Waals surface area contributed by atoms with Crippen molar-refractivity contribution in [3.8, 4) is 11.5 Å². The van der Waals surface area contributed by atoms with E-state index in [0.29, 0.717) is 16.5 Å². The van der Waals surface area contributed by atoms with Crippen molar-refractivity contribution in [1.82, 2.24) is 4.90 Å². The van der Waals surface area contributed by atoms with Gasteiger partial charge in [0.15, 0.2) is 17.1 Å². The lowest BCUT2D eigenvalue weighted by molar-refractivity contribution is -0.132. The zero-order valence-corrected chi connectivity index (χ0v) is 17.9. The predicted molar refractivity (Wildman–Crippen MR) is 115 cm³/mol. The monoisotopic (exact) mass is 455 g/mol. The van der Waals surface area contributed by atoms with Crippen LogP contribution in [0.15, 0.2) is 28.6 Å². The lowest BCUT2D eigenvalue weighted by Crippen LogP contribution is -2.64. The summed E-state index contributed by atoms with van der Waals surface area (Å²) in [6.07, 6.45) is -0.133. The van der Waals surface area contributed by atoms with E-state index in [9.17, 15) is 39.7 Å². The lowest BCUT2D eigenvalue weighted by atomic mass is 9.61. The number of aryl methyl sites for hydroxylation is 1. The third-order valence-electron chi connectivity index (χ3n) is 6.72. The van der Waals surface area contributed by atoms with Crippen LogP contribution in [0.4, 0.5) is 5.69 Å². The van der Waals surface area contributed by atoms with E-state index in [2.05, 4.69) is 5.18 Å². The standard InChI is InChI=1S/C22H21N3O8/c1-7-8-4-5-11(24-33)16(26)12(8)17(27)13-9(7)6-10-15(25(2)3)18(28)14(21(23)31)20(30)22(10,32)19(13)29/h4-5,10,15,26-27,30,32H,6H2,1-3H3,(H2,23,31)/t10-,15-,22-/m0/s1. The Morgan fingerprint density at radius 2 is 1.82 bits per heavy atom.